The third kappa shape index (κ3) is 5.64. The van der Waals surface area contributed by atoms with E-state index in [1.165, 1.54) is 0 Å². The fraction of sp³-hybridized carbons (Fsp3) is 0.750. The lowest BCUT2D eigenvalue weighted by Gasteiger charge is -2.21. The standard InChI is InChI=1S/C12H20N2O4/c1-7(2)6-9(15)11(16)14-10(12(17)18)8(3)4-5-13/h7-10,15H,4,6H2,1-3H3,(H,14,16)(H,17,18)/t8-,9-,10-/m0/s1. The van der Waals surface area contributed by atoms with Crippen LogP contribution in [0.4, 0.5) is 0 Å². The van der Waals surface area contributed by atoms with Gasteiger partial charge in [0.1, 0.15) is 12.1 Å². The summed E-state index contributed by atoms with van der Waals surface area (Å²) in [7, 11) is 0. The van der Waals surface area contributed by atoms with Gasteiger partial charge in [0, 0.05) is 12.3 Å². The third-order valence-corrected chi connectivity index (χ3v) is 2.54. The van der Waals surface area contributed by atoms with Crippen molar-refractivity contribution < 1.29 is 19.8 Å². The Kier molecular flexibility index (Phi) is 6.98. The van der Waals surface area contributed by atoms with Crippen molar-refractivity contribution in [1.29, 1.82) is 5.26 Å². The first-order valence-corrected chi connectivity index (χ1v) is 5.87. The van der Waals surface area contributed by atoms with Crippen molar-refractivity contribution >= 4 is 11.9 Å². The van der Waals surface area contributed by atoms with Crippen molar-refractivity contribution in [2.75, 3.05) is 0 Å². The monoisotopic (exact) mass is 256 g/mol. The molecule has 0 aromatic rings. The predicted molar refractivity (Wildman–Crippen MR) is 64.4 cm³/mol. The molecule has 0 aromatic carbocycles. The van der Waals surface area contributed by atoms with Gasteiger partial charge in [0.2, 0.25) is 5.91 Å². The van der Waals surface area contributed by atoms with Gasteiger partial charge in [0.15, 0.2) is 0 Å². The van der Waals surface area contributed by atoms with E-state index >= 15 is 0 Å². The SMILES string of the molecule is CC(C)C[C@H](O)C(=O)N[C@H](C(=O)O)[C@@H](C)CC#N. The van der Waals surface area contributed by atoms with Crippen LogP contribution in [0.5, 0.6) is 0 Å². The van der Waals surface area contributed by atoms with Crippen LogP contribution in [0.15, 0.2) is 0 Å². The first kappa shape index (κ1) is 16.4. The molecule has 0 saturated heterocycles. The second-order valence-electron chi connectivity index (χ2n) is 4.81. The van der Waals surface area contributed by atoms with Crippen molar-refractivity contribution in [3.63, 3.8) is 0 Å². The molecular formula is C12H20N2O4. The predicted octanol–water partition coefficient (Wildman–Crippen LogP) is 0.513. The van der Waals surface area contributed by atoms with E-state index in [-0.39, 0.29) is 18.8 Å². The number of hydrogen-bond acceptors (Lipinski definition) is 4. The van der Waals surface area contributed by atoms with E-state index in [9.17, 15) is 14.7 Å². The van der Waals surface area contributed by atoms with Crippen LogP contribution in [0, 0.1) is 23.2 Å². The number of hydrogen-bond donors (Lipinski definition) is 3. The van der Waals surface area contributed by atoms with Crippen LogP contribution in [0.1, 0.15) is 33.6 Å². The molecule has 0 aliphatic heterocycles. The van der Waals surface area contributed by atoms with E-state index in [1.807, 2.05) is 19.9 Å². The first-order chi connectivity index (χ1) is 8.29. The molecule has 0 aliphatic rings. The number of carboxylic acid groups (broad SMARTS) is 1. The molecule has 6 heteroatoms. The van der Waals surface area contributed by atoms with E-state index in [0.29, 0.717) is 0 Å². The van der Waals surface area contributed by atoms with Gasteiger partial charge in [-0.05, 0) is 12.3 Å². The number of amides is 1. The van der Waals surface area contributed by atoms with Crippen LogP contribution in [0.2, 0.25) is 0 Å². The van der Waals surface area contributed by atoms with Gasteiger partial charge in [-0.15, -0.1) is 0 Å². The zero-order valence-corrected chi connectivity index (χ0v) is 10.9. The number of nitrogens with zero attached hydrogens (tertiary/aromatic N) is 1. The van der Waals surface area contributed by atoms with Crippen LogP contribution >= 0.6 is 0 Å². The maximum absolute atomic E-state index is 11.6. The molecule has 6 nitrogen and oxygen atoms in total. The lowest BCUT2D eigenvalue weighted by Crippen LogP contribution is -2.49. The van der Waals surface area contributed by atoms with Crippen LogP contribution in [-0.2, 0) is 9.59 Å². The smallest absolute Gasteiger partial charge is 0.326 e. The topological polar surface area (TPSA) is 110 Å². The highest BCUT2D eigenvalue weighted by Gasteiger charge is 2.28. The molecule has 0 aromatic heterocycles. The van der Waals surface area contributed by atoms with Gasteiger partial charge in [0.25, 0.3) is 0 Å². The van der Waals surface area contributed by atoms with Gasteiger partial charge < -0.3 is 15.5 Å². The van der Waals surface area contributed by atoms with E-state index in [0.717, 1.165) is 0 Å². The van der Waals surface area contributed by atoms with Crippen molar-refractivity contribution in [1.82, 2.24) is 5.32 Å². The number of rotatable bonds is 7. The first-order valence-electron chi connectivity index (χ1n) is 5.87. The van der Waals surface area contributed by atoms with Crippen molar-refractivity contribution in [2.45, 2.75) is 45.8 Å². The Balaban J connectivity index is 4.55. The number of aliphatic carboxylic acids is 1. The Morgan fingerprint density at radius 3 is 2.28 bits per heavy atom. The Morgan fingerprint density at radius 2 is 1.89 bits per heavy atom. The number of aliphatic hydroxyl groups is 1. The van der Waals surface area contributed by atoms with E-state index in [4.69, 9.17) is 10.4 Å². The summed E-state index contributed by atoms with van der Waals surface area (Å²) >= 11 is 0. The van der Waals surface area contributed by atoms with E-state index in [1.54, 1.807) is 6.92 Å². The average Bonchev–Trinajstić information content (AvgIpc) is 2.24. The van der Waals surface area contributed by atoms with Crippen LogP contribution in [0.3, 0.4) is 0 Å². The van der Waals surface area contributed by atoms with Crippen LogP contribution < -0.4 is 5.32 Å². The fourth-order valence-corrected chi connectivity index (χ4v) is 1.51. The van der Waals surface area contributed by atoms with Gasteiger partial charge in [-0.1, -0.05) is 20.8 Å². The summed E-state index contributed by atoms with van der Waals surface area (Å²) < 4.78 is 0. The second-order valence-corrected chi connectivity index (χ2v) is 4.81. The molecule has 0 aliphatic carbocycles. The number of carbonyl (C=O) groups excluding carboxylic acids is 1. The normalized spacial score (nSPS) is 15.6. The third-order valence-electron chi connectivity index (χ3n) is 2.54. The van der Waals surface area contributed by atoms with E-state index in [2.05, 4.69) is 5.32 Å². The van der Waals surface area contributed by atoms with E-state index < -0.39 is 29.9 Å². The molecule has 3 N–H and O–H groups in total. The number of nitrogens with one attached hydrogen (secondary N) is 1. The summed E-state index contributed by atoms with van der Waals surface area (Å²) in [5.74, 6) is -2.29. The molecule has 0 rings (SSSR count). The van der Waals surface area contributed by atoms with Gasteiger partial charge in [-0.2, -0.15) is 5.26 Å². The lowest BCUT2D eigenvalue weighted by molar-refractivity contribution is -0.145. The molecule has 102 valence electrons. The molecule has 0 spiro atoms. The summed E-state index contributed by atoms with van der Waals surface area (Å²) in [6.45, 7) is 5.27. The van der Waals surface area contributed by atoms with Crippen molar-refractivity contribution in [2.24, 2.45) is 11.8 Å². The number of carbonyl (C=O) groups is 2. The van der Waals surface area contributed by atoms with Gasteiger partial charge >= 0.3 is 5.97 Å². The average molecular weight is 256 g/mol. The molecule has 0 unspecified atom stereocenters. The highest BCUT2D eigenvalue weighted by Crippen LogP contribution is 2.10. The minimum Gasteiger partial charge on any atom is -0.480 e. The summed E-state index contributed by atoms with van der Waals surface area (Å²) in [6, 6.07) is 0.707. The lowest BCUT2D eigenvalue weighted by atomic mass is 9.98. The van der Waals surface area contributed by atoms with Crippen molar-refractivity contribution in [3.05, 3.63) is 0 Å². The zero-order valence-electron chi connectivity index (χ0n) is 10.9. The fourth-order valence-electron chi connectivity index (χ4n) is 1.51. The molecular weight excluding hydrogens is 236 g/mol. The van der Waals surface area contributed by atoms with Gasteiger partial charge in [-0.25, -0.2) is 4.79 Å². The Bertz CT molecular complexity index is 335. The summed E-state index contributed by atoms with van der Waals surface area (Å²) in [6.07, 6.45) is -0.927. The quantitative estimate of drug-likeness (QED) is 0.614. The minimum atomic E-state index is -1.22. The number of nitriles is 1. The molecule has 18 heavy (non-hydrogen) atoms. The van der Waals surface area contributed by atoms with Gasteiger partial charge in [0.05, 0.1) is 6.07 Å². The molecule has 3 atom stereocenters. The summed E-state index contributed by atoms with van der Waals surface area (Å²) in [4.78, 5) is 22.6. The zero-order chi connectivity index (χ0) is 14.3. The second kappa shape index (κ2) is 7.67. The Labute approximate surface area is 107 Å². The van der Waals surface area contributed by atoms with Crippen LogP contribution in [-0.4, -0.2) is 34.2 Å². The summed E-state index contributed by atoms with van der Waals surface area (Å²) in [5.41, 5.74) is 0. The molecule has 0 bridgehead atoms. The maximum Gasteiger partial charge on any atom is 0.326 e. The summed E-state index contributed by atoms with van der Waals surface area (Å²) in [5, 5.41) is 29.3. The van der Waals surface area contributed by atoms with Crippen LogP contribution in [0.25, 0.3) is 0 Å². The molecule has 0 radical (unpaired) electrons. The molecule has 0 fully saturated rings. The van der Waals surface area contributed by atoms with Gasteiger partial charge in [-0.3, -0.25) is 4.79 Å². The Hall–Kier alpha value is -1.61. The largest absolute Gasteiger partial charge is 0.480 e. The van der Waals surface area contributed by atoms with Crippen molar-refractivity contribution in [3.8, 4) is 6.07 Å². The molecule has 0 saturated carbocycles. The minimum absolute atomic E-state index is 0.0253. The Morgan fingerprint density at radius 1 is 1.33 bits per heavy atom. The maximum atomic E-state index is 11.6. The molecule has 1 amide bonds. The number of carboxylic acids is 1. The molecule has 0 heterocycles. The highest BCUT2D eigenvalue weighted by atomic mass is 16.4. The highest BCUT2D eigenvalue weighted by molar-refractivity contribution is 5.86. The number of aliphatic hydroxyl groups excluding tert-OH is 1.